The molecule has 0 fully saturated rings. The molecule has 0 radical (unpaired) electrons. The fourth-order valence-electron chi connectivity index (χ4n) is 4.25. The molecule has 7 nitrogen and oxygen atoms in total. The second-order valence-electron chi connectivity index (χ2n) is 8.16. The molecule has 0 aliphatic rings. The molecule has 1 amide bonds. The number of nitrogens with zero attached hydrogens (tertiary/aromatic N) is 3. The average Bonchev–Trinajstić information content (AvgIpc) is 3.22. The first-order valence-electron chi connectivity index (χ1n) is 10.5. The van der Waals surface area contributed by atoms with E-state index in [1.54, 1.807) is 11.8 Å². The molecule has 0 atom stereocenters. The smallest absolute Gasteiger partial charge is 0.242 e. The summed E-state index contributed by atoms with van der Waals surface area (Å²) >= 11 is 0. The van der Waals surface area contributed by atoms with Crippen molar-refractivity contribution >= 4 is 27.8 Å². The van der Waals surface area contributed by atoms with E-state index in [1.165, 1.54) is 16.6 Å². The largest absolute Gasteiger partial charge is 0.479 e. The molecule has 0 bridgehead atoms. The van der Waals surface area contributed by atoms with Gasteiger partial charge in [0.25, 0.3) is 0 Å². The van der Waals surface area contributed by atoms with E-state index >= 15 is 0 Å². The third kappa shape index (κ3) is 3.76. The van der Waals surface area contributed by atoms with E-state index in [1.807, 2.05) is 20.9 Å². The highest BCUT2D eigenvalue weighted by molar-refractivity contribution is 5.87. The van der Waals surface area contributed by atoms with Crippen molar-refractivity contribution in [2.75, 3.05) is 7.11 Å². The summed E-state index contributed by atoms with van der Waals surface area (Å²) in [6.45, 7) is 8.74. The summed E-state index contributed by atoms with van der Waals surface area (Å²) in [6, 6.07) is 6.28. The molecule has 1 aromatic carbocycles. The van der Waals surface area contributed by atoms with Gasteiger partial charge in [-0.05, 0) is 68.5 Å². The number of benzene rings is 1. The number of aryl methyl sites for hydroxylation is 5. The van der Waals surface area contributed by atoms with Crippen LogP contribution in [0.4, 0.5) is 0 Å². The van der Waals surface area contributed by atoms with Crippen molar-refractivity contribution in [3.63, 3.8) is 0 Å². The maximum absolute atomic E-state index is 12.6. The fourth-order valence-corrected chi connectivity index (χ4v) is 4.25. The molecular formula is C24H29N5O2. The highest BCUT2D eigenvalue weighted by Gasteiger charge is 2.18. The zero-order valence-electron chi connectivity index (χ0n) is 19.0. The van der Waals surface area contributed by atoms with Crippen LogP contribution in [0.1, 0.15) is 40.1 Å². The number of carbonyl (C=O) groups is 1. The first kappa shape index (κ1) is 20.9. The van der Waals surface area contributed by atoms with Crippen molar-refractivity contribution in [1.82, 2.24) is 25.1 Å². The molecule has 3 heterocycles. The number of hydrogen-bond donors (Lipinski definition) is 2. The Morgan fingerprint density at radius 2 is 1.97 bits per heavy atom. The topological polar surface area (TPSA) is 84.8 Å². The van der Waals surface area contributed by atoms with Gasteiger partial charge in [-0.3, -0.25) is 4.79 Å². The predicted molar refractivity (Wildman–Crippen MR) is 122 cm³/mol. The lowest BCUT2D eigenvalue weighted by Crippen LogP contribution is -2.23. The van der Waals surface area contributed by atoms with Gasteiger partial charge < -0.3 is 15.0 Å². The van der Waals surface area contributed by atoms with E-state index in [-0.39, 0.29) is 5.91 Å². The highest BCUT2D eigenvalue weighted by atomic mass is 16.5. The number of aromatic amines is 1. The number of rotatable bonds is 6. The first-order valence-corrected chi connectivity index (χ1v) is 10.5. The minimum absolute atomic E-state index is 0.0270. The lowest BCUT2D eigenvalue weighted by atomic mass is 10.00. The first-order chi connectivity index (χ1) is 14.8. The zero-order valence-corrected chi connectivity index (χ0v) is 19.0. The van der Waals surface area contributed by atoms with Crippen molar-refractivity contribution in [3.8, 4) is 5.88 Å². The fraction of sp³-hybridized carbons (Fsp3) is 0.375. The number of methoxy groups -OCH3 is 1. The van der Waals surface area contributed by atoms with Gasteiger partial charge in [0.15, 0.2) is 5.65 Å². The van der Waals surface area contributed by atoms with Gasteiger partial charge in [-0.15, -0.1) is 5.10 Å². The van der Waals surface area contributed by atoms with Crippen molar-refractivity contribution < 1.29 is 9.53 Å². The van der Waals surface area contributed by atoms with Crippen molar-refractivity contribution in [2.45, 2.75) is 47.1 Å². The second kappa shape index (κ2) is 8.06. The predicted octanol–water partition coefficient (Wildman–Crippen LogP) is 3.94. The lowest BCUT2D eigenvalue weighted by molar-refractivity contribution is -0.121. The molecule has 3 aromatic heterocycles. The summed E-state index contributed by atoms with van der Waals surface area (Å²) in [7, 11) is 3.47. The van der Waals surface area contributed by atoms with Crippen molar-refractivity contribution in [1.29, 1.82) is 0 Å². The molecule has 162 valence electrons. The highest BCUT2D eigenvalue weighted by Crippen LogP contribution is 2.30. The summed E-state index contributed by atoms with van der Waals surface area (Å²) < 4.78 is 7.16. The van der Waals surface area contributed by atoms with E-state index < -0.39 is 0 Å². The van der Waals surface area contributed by atoms with Crippen molar-refractivity contribution in [2.24, 2.45) is 7.05 Å². The number of carbonyl (C=O) groups excluding carboxylic acids is 1. The van der Waals surface area contributed by atoms with Crippen LogP contribution in [0.2, 0.25) is 0 Å². The molecule has 0 aliphatic heterocycles. The Labute approximate surface area is 181 Å². The monoisotopic (exact) mass is 419 g/mol. The molecule has 0 saturated carbocycles. The average molecular weight is 420 g/mol. The standard InChI is InChI=1S/C24H29N5O2/c1-13-15(3)26-20-9-7-17(11-19(13)20)12-25-21(30)10-8-18-14(2)22-23(27-16(18)4)29(5)28-24(22)31-6/h7,9,11,26H,8,10,12H2,1-6H3,(H,25,30). The summed E-state index contributed by atoms with van der Waals surface area (Å²) in [5.41, 5.74) is 8.53. The van der Waals surface area contributed by atoms with Gasteiger partial charge in [-0.2, -0.15) is 0 Å². The van der Waals surface area contributed by atoms with Crippen LogP contribution in [-0.2, 0) is 24.8 Å². The van der Waals surface area contributed by atoms with E-state index in [9.17, 15) is 4.79 Å². The van der Waals surface area contributed by atoms with Gasteiger partial charge in [0.1, 0.15) is 0 Å². The summed E-state index contributed by atoms with van der Waals surface area (Å²) in [5, 5.41) is 9.56. The molecule has 2 N–H and O–H groups in total. The Balaban J connectivity index is 1.45. The second-order valence-corrected chi connectivity index (χ2v) is 8.16. The van der Waals surface area contributed by atoms with Gasteiger partial charge in [0, 0.05) is 42.3 Å². The van der Waals surface area contributed by atoms with Gasteiger partial charge in [-0.1, -0.05) is 6.07 Å². The number of ether oxygens (including phenoxy) is 1. The number of fused-ring (bicyclic) bond motifs is 2. The van der Waals surface area contributed by atoms with E-state index in [0.29, 0.717) is 25.3 Å². The number of aromatic nitrogens is 4. The molecule has 0 aliphatic carbocycles. The van der Waals surface area contributed by atoms with Crippen LogP contribution in [0.3, 0.4) is 0 Å². The third-order valence-electron chi connectivity index (χ3n) is 6.18. The quantitative estimate of drug-likeness (QED) is 0.496. The Hall–Kier alpha value is -3.35. The van der Waals surface area contributed by atoms with Crippen LogP contribution in [0, 0.1) is 27.7 Å². The zero-order chi connectivity index (χ0) is 22.3. The number of H-pyrrole nitrogens is 1. The molecule has 0 unspecified atom stereocenters. The molecule has 31 heavy (non-hydrogen) atoms. The minimum Gasteiger partial charge on any atom is -0.479 e. The molecule has 4 rings (SSSR count). The number of nitrogens with one attached hydrogen (secondary N) is 2. The van der Waals surface area contributed by atoms with E-state index in [4.69, 9.17) is 9.72 Å². The molecular weight excluding hydrogens is 390 g/mol. The van der Waals surface area contributed by atoms with Crippen molar-refractivity contribution in [3.05, 3.63) is 51.8 Å². The Morgan fingerprint density at radius 1 is 1.19 bits per heavy atom. The van der Waals surface area contributed by atoms with Crippen LogP contribution < -0.4 is 10.1 Å². The van der Waals surface area contributed by atoms with Crippen LogP contribution >= 0.6 is 0 Å². The Bertz CT molecular complexity index is 1300. The number of pyridine rings is 1. The summed E-state index contributed by atoms with van der Waals surface area (Å²) in [6.07, 6.45) is 1.03. The van der Waals surface area contributed by atoms with E-state index in [0.717, 1.165) is 38.9 Å². The molecule has 0 spiro atoms. The van der Waals surface area contributed by atoms with Gasteiger partial charge in [0.2, 0.25) is 11.8 Å². The maximum atomic E-state index is 12.6. The Kier molecular flexibility index (Phi) is 5.43. The maximum Gasteiger partial charge on any atom is 0.242 e. The van der Waals surface area contributed by atoms with Crippen LogP contribution in [0.25, 0.3) is 21.9 Å². The lowest BCUT2D eigenvalue weighted by Gasteiger charge is -2.11. The number of hydrogen-bond acceptors (Lipinski definition) is 4. The minimum atomic E-state index is 0.0270. The van der Waals surface area contributed by atoms with Gasteiger partial charge >= 0.3 is 0 Å². The summed E-state index contributed by atoms with van der Waals surface area (Å²) in [5.74, 6) is 0.595. The third-order valence-corrected chi connectivity index (χ3v) is 6.18. The van der Waals surface area contributed by atoms with Crippen LogP contribution in [-0.4, -0.2) is 32.8 Å². The molecule has 7 heteroatoms. The molecule has 0 saturated heterocycles. The summed E-state index contributed by atoms with van der Waals surface area (Å²) in [4.78, 5) is 20.6. The SMILES string of the molecule is COc1nn(C)c2nc(C)c(CCC(=O)NCc3ccc4[nH]c(C)c(C)c4c3)c(C)c12. The van der Waals surface area contributed by atoms with E-state index in [2.05, 4.69) is 47.4 Å². The number of amides is 1. The normalized spacial score (nSPS) is 11.4. The Morgan fingerprint density at radius 3 is 2.71 bits per heavy atom. The van der Waals surface area contributed by atoms with Crippen LogP contribution in [0.5, 0.6) is 5.88 Å². The van der Waals surface area contributed by atoms with Crippen LogP contribution in [0.15, 0.2) is 18.2 Å². The molecule has 4 aromatic rings. The van der Waals surface area contributed by atoms with Gasteiger partial charge in [0.05, 0.1) is 12.5 Å². The van der Waals surface area contributed by atoms with Gasteiger partial charge in [-0.25, -0.2) is 9.67 Å².